The maximum atomic E-state index is 11.9. The molecule has 136 valence electrons. The van der Waals surface area contributed by atoms with Gasteiger partial charge in [-0.05, 0) is 37.6 Å². The van der Waals surface area contributed by atoms with Gasteiger partial charge in [0.05, 0.1) is 18.2 Å². The van der Waals surface area contributed by atoms with Crippen LogP contribution in [-0.4, -0.2) is 42.8 Å². The van der Waals surface area contributed by atoms with Crippen LogP contribution in [0.2, 0.25) is 10.0 Å². The molecule has 0 aromatic heterocycles. The third-order valence-corrected chi connectivity index (χ3v) is 3.60. The van der Waals surface area contributed by atoms with E-state index in [1.165, 1.54) is 18.2 Å². The lowest BCUT2D eigenvalue weighted by Gasteiger charge is -2.10. The second-order valence-electron chi connectivity index (χ2n) is 4.46. The predicted molar refractivity (Wildman–Crippen MR) is 90.8 cm³/mol. The van der Waals surface area contributed by atoms with Crippen LogP contribution in [0.25, 0.3) is 6.08 Å². The van der Waals surface area contributed by atoms with Crippen molar-refractivity contribution in [1.29, 1.82) is 0 Å². The van der Waals surface area contributed by atoms with Gasteiger partial charge in [-0.25, -0.2) is 14.4 Å². The van der Waals surface area contributed by atoms with E-state index in [0.717, 1.165) is 0 Å². The Labute approximate surface area is 154 Å². The largest absolute Gasteiger partial charge is 0.480 e. The molecule has 0 unspecified atom stereocenters. The van der Waals surface area contributed by atoms with Gasteiger partial charge in [0.15, 0.2) is 6.61 Å². The van der Waals surface area contributed by atoms with E-state index in [0.29, 0.717) is 0 Å². The molecule has 9 heteroatoms. The average molecular weight is 391 g/mol. The zero-order valence-electron chi connectivity index (χ0n) is 13.5. The number of carboxylic acids is 1. The summed E-state index contributed by atoms with van der Waals surface area (Å²) in [4.78, 5) is 34.4. The number of rotatable bonds is 8. The molecule has 0 bridgehead atoms. The number of hydrogen-bond donors (Lipinski definition) is 1. The summed E-state index contributed by atoms with van der Waals surface area (Å²) in [5.41, 5.74) is -0.105. The molecule has 0 heterocycles. The highest BCUT2D eigenvalue weighted by Gasteiger charge is 2.22. The predicted octanol–water partition coefficient (Wildman–Crippen LogP) is 2.97. The van der Waals surface area contributed by atoms with Crippen molar-refractivity contribution in [3.05, 3.63) is 33.3 Å². The summed E-state index contributed by atoms with van der Waals surface area (Å²) in [7, 11) is 0. The first-order valence-electron chi connectivity index (χ1n) is 7.20. The normalized spacial score (nSPS) is 9.92. The van der Waals surface area contributed by atoms with Gasteiger partial charge in [0.25, 0.3) is 0 Å². The molecule has 0 spiro atoms. The van der Waals surface area contributed by atoms with E-state index in [-0.39, 0.29) is 40.1 Å². The Kier molecular flexibility index (Phi) is 8.24. The molecule has 0 amide bonds. The summed E-state index contributed by atoms with van der Waals surface area (Å²) in [6.45, 7) is 2.75. The minimum Gasteiger partial charge on any atom is -0.480 e. The summed E-state index contributed by atoms with van der Waals surface area (Å²) in [6.07, 6.45) is 1.19. The molecule has 0 atom stereocenters. The maximum absolute atomic E-state index is 11.9. The van der Waals surface area contributed by atoms with Gasteiger partial charge in [0.2, 0.25) is 0 Å². The van der Waals surface area contributed by atoms with Gasteiger partial charge in [-0.3, -0.25) is 0 Å². The molecule has 25 heavy (non-hydrogen) atoms. The van der Waals surface area contributed by atoms with Crippen LogP contribution < -0.4 is 4.74 Å². The number of carbonyl (C=O) groups is 3. The van der Waals surface area contributed by atoms with Crippen LogP contribution in [0.3, 0.4) is 0 Å². The molecular weight excluding hydrogens is 375 g/mol. The molecule has 7 nitrogen and oxygen atoms in total. The lowest BCUT2D eigenvalue weighted by atomic mass is 10.1. The quantitative estimate of drug-likeness (QED) is 0.315. The highest BCUT2D eigenvalue weighted by Crippen LogP contribution is 2.35. The molecule has 1 rings (SSSR count). The van der Waals surface area contributed by atoms with Crippen LogP contribution in [0.1, 0.15) is 19.4 Å². The van der Waals surface area contributed by atoms with E-state index >= 15 is 0 Å². The Morgan fingerprint density at radius 3 is 2.08 bits per heavy atom. The van der Waals surface area contributed by atoms with Gasteiger partial charge in [-0.1, -0.05) is 23.2 Å². The first-order valence-corrected chi connectivity index (χ1v) is 7.95. The number of benzene rings is 1. The van der Waals surface area contributed by atoms with Gasteiger partial charge in [0, 0.05) is 0 Å². The molecule has 1 aromatic rings. The van der Waals surface area contributed by atoms with Crippen LogP contribution in [-0.2, 0) is 23.9 Å². The Bertz CT molecular complexity index is 678. The number of esters is 2. The Balaban J connectivity index is 3.24. The van der Waals surface area contributed by atoms with Crippen molar-refractivity contribution in [2.75, 3.05) is 19.8 Å². The molecule has 1 N–H and O–H groups in total. The second-order valence-corrected chi connectivity index (χ2v) is 5.22. The van der Waals surface area contributed by atoms with Crippen LogP contribution in [0.4, 0.5) is 0 Å². The SMILES string of the molecule is CCOC(=O)C(=Cc1ccc(OCC(=O)O)c(Cl)c1Cl)C(=O)OCC. The number of hydrogen-bond acceptors (Lipinski definition) is 6. The summed E-state index contributed by atoms with van der Waals surface area (Å²) < 4.78 is 14.6. The Morgan fingerprint density at radius 1 is 1.04 bits per heavy atom. The smallest absolute Gasteiger partial charge is 0.345 e. The van der Waals surface area contributed by atoms with Crippen molar-refractivity contribution in [3.8, 4) is 5.75 Å². The third-order valence-electron chi connectivity index (χ3n) is 2.72. The topological polar surface area (TPSA) is 99.1 Å². The van der Waals surface area contributed by atoms with Crippen molar-refractivity contribution in [2.45, 2.75) is 13.8 Å². The van der Waals surface area contributed by atoms with E-state index in [1.807, 2.05) is 0 Å². The van der Waals surface area contributed by atoms with E-state index in [9.17, 15) is 14.4 Å². The lowest BCUT2D eigenvalue weighted by molar-refractivity contribution is -0.146. The molecule has 1 aromatic carbocycles. The van der Waals surface area contributed by atoms with Crippen LogP contribution >= 0.6 is 23.2 Å². The fourth-order valence-corrected chi connectivity index (χ4v) is 2.12. The summed E-state index contributed by atoms with van der Waals surface area (Å²) in [5, 5.41) is 8.55. The van der Waals surface area contributed by atoms with Gasteiger partial charge < -0.3 is 19.3 Å². The fraction of sp³-hybridized carbons (Fsp3) is 0.312. The van der Waals surface area contributed by atoms with Crippen LogP contribution in [0, 0.1) is 0 Å². The Morgan fingerprint density at radius 2 is 1.60 bits per heavy atom. The summed E-state index contributed by atoms with van der Waals surface area (Å²) >= 11 is 12.1. The molecule has 0 radical (unpaired) electrons. The van der Waals surface area contributed by atoms with Crippen molar-refractivity contribution in [1.82, 2.24) is 0 Å². The first-order chi connectivity index (χ1) is 11.8. The minimum atomic E-state index is -1.18. The molecule has 0 aliphatic carbocycles. The zero-order chi connectivity index (χ0) is 19.0. The monoisotopic (exact) mass is 390 g/mol. The molecule has 0 fully saturated rings. The van der Waals surface area contributed by atoms with E-state index < -0.39 is 24.5 Å². The molecular formula is C16H16Cl2O7. The highest BCUT2D eigenvalue weighted by molar-refractivity contribution is 6.44. The number of carbonyl (C=O) groups excluding carboxylic acids is 2. The standard InChI is InChI=1S/C16H16Cl2O7/c1-3-23-15(21)10(16(22)24-4-2)7-9-5-6-11(14(18)13(9)17)25-8-12(19)20/h5-7H,3-4,8H2,1-2H3,(H,19,20). The molecule has 0 saturated heterocycles. The molecule has 0 aliphatic heterocycles. The van der Waals surface area contributed by atoms with Gasteiger partial charge in [-0.15, -0.1) is 0 Å². The number of halogens is 2. The van der Waals surface area contributed by atoms with Crippen LogP contribution in [0.15, 0.2) is 17.7 Å². The third kappa shape index (κ3) is 5.95. The fourth-order valence-electron chi connectivity index (χ4n) is 1.68. The number of aliphatic carboxylic acids is 1. The van der Waals surface area contributed by atoms with Gasteiger partial charge >= 0.3 is 17.9 Å². The zero-order valence-corrected chi connectivity index (χ0v) is 15.0. The van der Waals surface area contributed by atoms with Gasteiger partial charge in [0.1, 0.15) is 16.3 Å². The summed E-state index contributed by atoms with van der Waals surface area (Å²) in [5.74, 6) is -2.85. The number of ether oxygens (including phenoxy) is 3. The van der Waals surface area contributed by atoms with Crippen molar-refractivity contribution in [2.24, 2.45) is 0 Å². The van der Waals surface area contributed by atoms with E-state index in [2.05, 4.69) is 0 Å². The van der Waals surface area contributed by atoms with Crippen molar-refractivity contribution in [3.63, 3.8) is 0 Å². The Hall–Kier alpha value is -2.25. The molecule has 0 aliphatic rings. The number of carboxylic acid groups (broad SMARTS) is 1. The highest BCUT2D eigenvalue weighted by atomic mass is 35.5. The molecule has 0 saturated carbocycles. The second kappa shape index (κ2) is 9.90. The average Bonchev–Trinajstić information content (AvgIpc) is 2.55. The van der Waals surface area contributed by atoms with E-state index in [4.69, 9.17) is 42.5 Å². The summed E-state index contributed by atoms with van der Waals surface area (Å²) in [6, 6.07) is 2.79. The van der Waals surface area contributed by atoms with E-state index in [1.54, 1.807) is 13.8 Å². The minimum absolute atomic E-state index is 0.0179. The van der Waals surface area contributed by atoms with Crippen LogP contribution in [0.5, 0.6) is 5.75 Å². The maximum Gasteiger partial charge on any atom is 0.345 e. The lowest BCUT2D eigenvalue weighted by Crippen LogP contribution is -2.18. The van der Waals surface area contributed by atoms with Gasteiger partial charge in [-0.2, -0.15) is 0 Å². The van der Waals surface area contributed by atoms with Crippen molar-refractivity contribution < 1.29 is 33.7 Å². The first kappa shape index (κ1) is 20.8. The van der Waals surface area contributed by atoms with Crippen molar-refractivity contribution >= 4 is 47.2 Å².